The van der Waals surface area contributed by atoms with Gasteiger partial charge in [-0.05, 0) is 25.0 Å². The monoisotopic (exact) mass is 344 g/mol. The Morgan fingerprint density at radius 3 is 2.80 bits per heavy atom. The van der Waals surface area contributed by atoms with E-state index >= 15 is 0 Å². The van der Waals surface area contributed by atoms with Gasteiger partial charge in [-0.2, -0.15) is 0 Å². The second kappa shape index (κ2) is 7.18. The highest BCUT2D eigenvalue weighted by atomic mass is 19.1. The smallest absolute Gasteiger partial charge is 0.124 e. The summed E-state index contributed by atoms with van der Waals surface area (Å²) in [6.45, 7) is 2.85. The number of rotatable bonds is 5. The number of piperidine rings is 1. The number of fused-ring (bicyclic) bond motifs is 1. The van der Waals surface area contributed by atoms with Crippen molar-refractivity contribution < 1.29 is 13.5 Å². The van der Waals surface area contributed by atoms with Gasteiger partial charge >= 0.3 is 0 Å². The number of hydrogen-bond acceptors (Lipinski definition) is 4. The molecule has 4 nitrogen and oxygen atoms in total. The number of alkyl halides is 1. The van der Waals surface area contributed by atoms with E-state index in [2.05, 4.69) is 28.4 Å². The van der Waals surface area contributed by atoms with Gasteiger partial charge in [0.2, 0.25) is 0 Å². The molecule has 0 amide bonds. The van der Waals surface area contributed by atoms with Crippen LogP contribution in [0.1, 0.15) is 36.4 Å². The normalized spacial score (nSPS) is 22.5. The fourth-order valence-electron chi connectivity index (χ4n) is 4.04. The first-order valence-electron chi connectivity index (χ1n) is 9.09. The van der Waals surface area contributed by atoms with Gasteiger partial charge in [-0.3, -0.25) is 0 Å². The lowest BCUT2D eigenvalue weighted by atomic mass is 9.80. The summed E-state index contributed by atoms with van der Waals surface area (Å²) in [5.74, 6) is 0.984. The van der Waals surface area contributed by atoms with Crippen LogP contribution in [0.2, 0.25) is 0 Å². The van der Waals surface area contributed by atoms with Gasteiger partial charge in [0.25, 0.3) is 0 Å². The van der Waals surface area contributed by atoms with Crippen molar-refractivity contribution in [2.75, 3.05) is 26.3 Å². The Labute approximate surface area is 148 Å². The molecule has 1 N–H and O–H groups in total. The summed E-state index contributed by atoms with van der Waals surface area (Å²) >= 11 is 0. The van der Waals surface area contributed by atoms with E-state index in [9.17, 15) is 4.39 Å². The van der Waals surface area contributed by atoms with E-state index in [0.717, 1.165) is 50.2 Å². The average molecular weight is 344 g/mol. The first kappa shape index (κ1) is 16.6. The molecular formula is C20H25FN2O2. The fraction of sp³-hybridized carbons (Fsp3) is 0.500. The minimum atomic E-state index is -0.272. The van der Waals surface area contributed by atoms with Crippen molar-refractivity contribution in [1.82, 2.24) is 10.2 Å². The third-order valence-electron chi connectivity index (χ3n) is 5.50. The Balaban J connectivity index is 1.50. The van der Waals surface area contributed by atoms with Crippen LogP contribution >= 0.6 is 0 Å². The predicted molar refractivity (Wildman–Crippen MR) is 94.4 cm³/mol. The van der Waals surface area contributed by atoms with Crippen molar-refractivity contribution >= 4 is 0 Å². The number of halogens is 1. The molecule has 5 heteroatoms. The fourth-order valence-corrected chi connectivity index (χ4v) is 4.04. The van der Waals surface area contributed by atoms with Gasteiger partial charge in [0.1, 0.15) is 18.0 Å². The first-order valence-corrected chi connectivity index (χ1v) is 9.09. The van der Waals surface area contributed by atoms with Gasteiger partial charge < -0.3 is 19.4 Å². The molecule has 0 radical (unpaired) electrons. The highest BCUT2D eigenvalue weighted by Crippen LogP contribution is 2.44. The van der Waals surface area contributed by atoms with Gasteiger partial charge in [0, 0.05) is 49.8 Å². The quantitative estimate of drug-likeness (QED) is 0.897. The molecule has 2 aliphatic rings. The molecule has 25 heavy (non-hydrogen) atoms. The number of para-hydroxylation sites is 1. The molecular weight excluding hydrogens is 319 g/mol. The molecule has 1 aromatic heterocycles. The van der Waals surface area contributed by atoms with Crippen LogP contribution in [-0.2, 0) is 6.54 Å². The molecule has 2 aliphatic heterocycles. The maximum absolute atomic E-state index is 12.6. The molecule has 1 fully saturated rings. The summed E-state index contributed by atoms with van der Waals surface area (Å²) in [4.78, 5) is 2.20. The Morgan fingerprint density at radius 1 is 1.20 bits per heavy atom. The summed E-state index contributed by atoms with van der Waals surface area (Å²) in [5, 5.41) is 3.67. The van der Waals surface area contributed by atoms with E-state index in [1.807, 2.05) is 12.1 Å². The van der Waals surface area contributed by atoms with Crippen molar-refractivity contribution in [2.24, 2.45) is 0 Å². The zero-order valence-electron chi connectivity index (χ0n) is 14.4. The van der Waals surface area contributed by atoms with Crippen LogP contribution in [0.3, 0.4) is 0 Å². The van der Waals surface area contributed by atoms with E-state index in [-0.39, 0.29) is 18.3 Å². The van der Waals surface area contributed by atoms with Crippen LogP contribution < -0.4 is 10.1 Å². The molecule has 0 bridgehead atoms. The number of ether oxygens (including phenoxy) is 1. The first-order chi connectivity index (χ1) is 12.3. The van der Waals surface area contributed by atoms with Crippen molar-refractivity contribution in [3.05, 3.63) is 54.0 Å². The molecule has 0 aliphatic carbocycles. The van der Waals surface area contributed by atoms with Crippen LogP contribution in [0.25, 0.3) is 0 Å². The Morgan fingerprint density at radius 2 is 2.04 bits per heavy atom. The van der Waals surface area contributed by atoms with Crippen molar-refractivity contribution in [2.45, 2.75) is 37.5 Å². The number of furan rings is 1. The Hall–Kier alpha value is -1.85. The maximum atomic E-state index is 12.6. The number of benzene rings is 1. The van der Waals surface area contributed by atoms with Gasteiger partial charge in [0.05, 0.1) is 12.5 Å². The standard InChI is InChI=1S/C20H25FN2O2/c21-8-11-23-9-6-20(7-10-23)13-18(22-14-16-5-12-24-15-16)17-3-1-2-4-19(17)25-20/h1-5,12,15,18,22H,6-11,13-14H2. The van der Waals surface area contributed by atoms with E-state index in [1.165, 1.54) is 5.56 Å². The van der Waals surface area contributed by atoms with Gasteiger partial charge in [0.15, 0.2) is 0 Å². The van der Waals surface area contributed by atoms with Crippen molar-refractivity contribution in [1.29, 1.82) is 0 Å². The summed E-state index contributed by atoms with van der Waals surface area (Å²) in [6, 6.07) is 10.6. The Bertz CT molecular complexity index is 681. The largest absolute Gasteiger partial charge is 0.487 e. The second-order valence-electron chi connectivity index (χ2n) is 7.12. The highest BCUT2D eigenvalue weighted by molar-refractivity contribution is 5.39. The van der Waals surface area contributed by atoms with E-state index in [0.29, 0.717) is 6.54 Å². The van der Waals surface area contributed by atoms with Crippen LogP contribution in [-0.4, -0.2) is 36.8 Å². The molecule has 1 aromatic carbocycles. The molecule has 2 aromatic rings. The topological polar surface area (TPSA) is 37.6 Å². The van der Waals surface area contributed by atoms with Crippen LogP contribution in [0.5, 0.6) is 5.75 Å². The summed E-state index contributed by atoms with van der Waals surface area (Å²) in [7, 11) is 0. The summed E-state index contributed by atoms with van der Waals surface area (Å²) in [6.07, 6.45) is 6.34. The van der Waals surface area contributed by atoms with Gasteiger partial charge in [-0.25, -0.2) is 4.39 Å². The lowest BCUT2D eigenvalue weighted by Crippen LogP contribution is -2.52. The average Bonchev–Trinajstić information content (AvgIpc) is 3.16. The third kappa shape index (κ3) is 3.58. The van der Waals surface area contributed by atoms with Gasteiger partial charge in [-0.1, -0.05) is 18.2 Å². The minimum absolute atomic E-state index is 0.144. The van der Waals surface area contributed by atoms with E-state index in [1.54, 1.807) is 12.5 Å². The molecule has 1 spiro atoms. The lowest BCUT2D eigenvalue weighted by molar-refractivity contribution is -0.0263. The Kier molecular flexibility index (Phi) is 4.77. The molecule has 1 unspecified atom stereocenters. The number of nitrogens with one attached hydrogen (secondary N) is 1. The predicted octanol–water partition coefficient (Wildman–Crippen LogP) is 3.70. The number of likely N-dealkylation sites (tertiary alicyclic amines) is 1. The maximum Gasteiger partial charge on any atom is 0.124 e. The number of hydrogen-bond donors (Lipinski definition) is 1. The molecule has 0 saturated carbocycles. The third-order valence-corrected chi connectivity index (χ3v) is 5.50. The second-order valence-corrected chi connectivity index (χ2v) is 7.12. The molecule has 1 atom stereocenters. The minimum Gasteiger partial charge on any atom is -0.487 e. The summed E-state index contributed by atoms with van der Waals surface area (Å²) in [5.41, 5.74) is 2.23. The molecule has 134 valence electrons. The van der Waals surface area contributed by atoms with Crippen LogP contribution in [0.4, 0.5) is 4.39 Å². The SMILES string of the molecule is FCCN1CCC2(CC1)CC(NCc1ccoc1)c1ccccc1O2. The van der Waals surface area contributed by atoms with Crippen molar-refractivity contribution in [3.63, 3.8) is 0 Å². The number of nitrogens with zero attached hydrogens (tertiary/aromatic N) is 1. The van der Waals surface area contributed by atoms with Crippen LogP contribution in [0, 0.1) is 0 Å². The van der Waals surface area contributed by atoms with Gasteiger partial charge in [-0.15, -0.1) is 0 Å². The van der Waals surface area contributed by atoms with E-state index in [4.69, 9.17) is 9.15 Å². The molecule has 3 heterocycles. The molecule has 1 saturated heterocycles. The summed E-state index contributed by atoms with van der Waals surface area (Å²) < 4.78 is 24.3. The lowest BCUT2D eigenvalue weighted by Gasteiger charge is -2.47. The zero-order valence-corrected chi connectivity index (χ0v) is 14.4. The van der Waals surface area contributed by atoms with Crippen molar-refractivity contribution in [3.8, 4) is 5.75 Å². The van der Waals surface area contributed by atoms with Crippen LogP contribution in [0.15, 0.2) is 47.3 Å². The zero-order chi connectivity index (χ0) is 17.1. The molecule has 4 rings (SSSR count). The van der Waals surface area contributed by atoms with E-state index < -0.39 is 0 Å². The highest BCUT2D eigenvalue weighted by Gasteiger charge is 2.42.